The van der Waals surface area contributed by atoms with Crippen LogP contribution >= 0.6 is 0 Å². The first kappa shape index (κ1) is 11.2. The van der Waals surface area contributed by atoms with Gasteiger partial charge < -0.3 is 15.5 Å². The second-order valence-corrected chi connectivity index (χ2v) is 4.48. The average molecular weight is 249 g/mol. The Morgan fingerprint density at radius 1 is 1.44 bits per heavy atom. The van der Waals surface area contributed by atoms with E-state index in [4.69, 9.17) is 10.5 Å². The zero-order valence-electron chi connectivity index (χ0n) is 10.1. The van der Waals surface area contributed by atoms with Crippen molar-refractivity contribution in [1.82, 2.24) is 19.9 Å². The topological polar surface area (TPSA) is 110 Å². The molecule has 1 saturated heterocycles. The molecule has 2 aromatic heterocycles. The number of anilines is 1. The highest BCUT2D eigenvalue weighted by Crippen LogP contribution is 2.31. The molecule has 7 nitrogen and oxygen atoms in total. The van der Waals surface area contributed by atoms with Crippen LogP contribution < -0.4 is 11.3 Å². The van der Waals surface area contributed by atoms with Gasteiger partial charge in [-0.1, -0.05) is 6.92 Å². The van der Waals surface area contributed by atoms with E-state index >= 15 is 0 Å². The van der Waals surface area contributed by atoms with Crippen molar-refractivity contribution in [3.63, 3.8) is 0 Å². The fourth-order valence-corrected chi connectivity index (χ4v) is 2.48. The van der Waals surface area contributed by atoms with Gasteiger partial charge in [-0.3, -0.25) is 9.78 Å². The summed E-state index contributed by atoms with van der Waals surface area (Å²) >= 11 is 0. The molecule has 96 valence electrons. The third kappa shape index (κ3) is 1.67. The second kappa shape index (κ2) is 4.09. The summed E-state index contributed by atoms with van der Waals surface area (Å²) in [5.41, 5.74) is 5.95. The quantitative estimate of drug-likeness (QED) is 0.718. The maximum atomic E-state index is 11.7. The lowest BCUT2D eigenvalue weighted by molar-refractivity contribution is 0.0996. The van der Waals surface area contributed by atoms with Gasteiger partial charge in [-0.25, -0.2) is 4.98 Å². The van der Waals surface area contributed by atoms with Gasteiger partial charge in [0.1, 0.15) is 5.82 Å². The number of aromatic nitrogens is 4. The summed E-state index contributed by atoms with van der Waals surface area (Å²) in [6.45, 7) is 2.81. The van der Waals surface area contributed by atoms with Crippen LogP contribution in [-0.4, -0.2) is 32.6 Å². The Morgan fingerprint density at radius 3 is 3.06 bits per heavy atom. The molecule has 3 rings (SSSR count). The molecule has 2 aromatic rings. The highest BCUT2D eigenvalue weighted by molar-refractivity contribution is 5.70. The Bertz CT molecular complexity index is 632. The summed E-state index contributed by atoms with van der Waals surface area (Å²) in [6.07, 6.45) is 1.99. The minimum Gasteiger partial charge on any atom is -0.377 e. The van der Waals surface area contributed by atoms with Crippen molar-refractivity contribution in [1.29, 1.82) is 0 Å². The highest BCUT2D eigenvalue weighted by atomic mass is 16.5. The lowest BCUT2D eigenvalue weighted by atomic mass is 9.99. The molecule has 0 saturated carbocycles. The normalized spacial score (nSPS) is 23.8. The van der Waals surface area contributed by atoms with Crippen LogP contribution in [0, 0.1) is 0 Å². The molecule has 2 atom stereocenters. The van der Waals surface area contributed by atoms with Crippen molar-refractivity contribution in [2.75, 3.05) is 12.3 Å². The molecule has 1 fully saturated rings. The minimum atomic E-state index is -0.289. The summed E-state index contributed by atoms with van der Waals surface area (Å²) in [5, 5.41) is 0. The Hall–Kier alpha value is -1.89. The number of nitrogen functional groups attached to an aromatic ring is 1. The molecular formula is C11H15N5O2. The molecule has 18 heavy (non-hydrogen) atoms. The van der Waals surface area contributed by atoms with E-state index in [2.05, 4.69) is 26.9 Å². The summed E-state index contributed by atoms with van der Waals surface area (Å²) < 4.78 is 5.63. The summed E-state index contributed by atoms with van der Waals surface area (Å²) in [4.78, 5) is 25.6. The Morgan fingerprint density at radius 2 is 2.28 bits per heavy atom. The lowest BCUT2D eigenvalue weighted by Gasteiger charge is -2.13. The molecule has 0 spiro atoms. The first-order valence-electron chi connectivity index (χ1n) is 6.06. The van der Waals surface area contributed by atoms with Gasteiger partial charge >= 0.3 is 0 Å². The standard InChI is InChI=1S/C11H15N5O2/c1-2-6-5(3-4-18-6)8-13-7-9(14-8)15-11(12)16-10(7)17/h5-6H,2-4H2,1H3,(H4,12,13,14,15,16,17). The molecule has 4 N–H and O–H groups in total. The minimum absolute atomic E-state index is 0.0836. The molecule has 2 unspecified atom stereocenters. The number of fused-ring (bicyclic) bond motifs is 1. The molecule has 0 aromatic carbocycles. The highest BCUT2D eigenvalue weighted by Gasteiger charge is 2.31. The van der Waals surface area contributed by atoms with Gasteiger partial charge in [-0.15, -0.1) is 0 Å². The van der Waals surface area contributed by atoms with E-state index < -0.39 is 0 Å². The number of nitrogens with two attached hydrogens (primary N) is 1. The maximum Gasteiger partial charge on any atom is 0.278 e. The molecule has 0 bridgehead atoms. The zero-order chi connectivity index (χ0) is 12.7. The van der Waals surface area contributed by atoms with Gasteiger partial charge in [0.2, 0.25) is 5.95 Å². The number of H-pyrrole nitrogens is 2. The van der Waals surface area contributed by atoms with E-state index in [0.717, 1.165) is 25.3 Å². The monoisotopic (exact) mass is 249 g/mol. The van der Waals surface area contributed by atoms with Crippen molar-refractivity contribution < 1.29 is 4.74 Å². The average Bonchev–Trinajstić information content (AvgIpc) is 2.92. The number of rotatable bonds is 2. The summed E-state index contributed by atoms with van der Waals surface area (Å²) in [7, 11) is 0. The van der Waals surface area contributed by atoms with Gasteiger partial charge in [0, 0.05) is 12.5 Å². The van der Waals surface area contributed by atoms with Crippen LogP contribution in [0.25, 0.3) is 11.2 Å². The van der Waals surface area contributed by atoms with E-state index in [1.807, 2.05) is 0 Å². The molecule has 0 amide bonds. The summed E-state index contributed by atoms with van der Waals surface area (Å²) in [6, 6.07) is 0. The SMILES string of the molecule is CCC1OCCC1c1nc2nc(N)[nH]c(=O)c2[nH]1. The van der Waals surface area contributed by atoms with Gasteiger partial charge in [0.05, 0.1) is 6.10 Å². The van der Waals surface area contributed by atoms with E-state index in [9.17, 15) is 4.79 Å². The number of hydrogen-bond donors (Lipinski definition) is 3. The van der Waals surface area contributed by atoms with E-state index in [0.29, 0.717) is 11.2 Å². The fraction of sp³-hybridized carbons (Fsp3) is 0.545. The maximum absolute atomic E-state index is 11.7. The largest absolute Gasteiger partial charge is 0.377 e. The van der Waals surface area contributed by atoms with Crippen molar-refractivity contribution in [3.05, 3.63) is 16.2 Å². The van der Waals surface area contributed by atoms with Gasteiger partial charge in [0.25, 0.3) is 5.56 Å². The fourth-order valence-electron chi connectivity index (χ4n) is 2.48. The number of ether oxygens (including phenoxy) is 1. The first-order chi connectivity index (χ1) is 8.69. The smallest absolute Gasteiger partial charge is 0.278 e. The van der Waals surface area contributed by atoms with Gasteiger partial charge in [-0.2, -0.15) is 4.98 Å². The van der Waals surface area contributed by atoms with Crippen molar-refractivity contribution in [3.8, 4) is 0 Å². The van der Waals surface area contributed by atoms with E-state index in [1.54, 1.807) is 0 Å². The van der Waals surface area contributed by atoms with Crippen LogP contribution in [0.4, 0.5) is 5.95 Å². The second-order valence-electron chi connectivity index (χ2n) is 4.48. The number of aromatic amines is 2. The Balaban J connectivity index is 2.08. The van der Waals surface area contributed by atoms with E-state index in [-0.39, 0.29) is 23.5 Å². The zero-order valence-corrected chi connectivity index (χ0v) is 10.1. The number of nitrogens with one attached hydrogen (secondary N) is 2. The Kier molecular flexibility index (Phi) is 2.55. The number of nitrogens with zero attached hydrogens (tertiary/aromatic N) is 2. The van der Waals surface area contributed by atoms with Gasteiger partial charge in [-0.05, 0) is 12.8 Å². The third-order valence-corrected chi connectivity index (χ3v) is 3.36. The van der Waals surface area contributed by atoms with Crippen LogP contribution in [-0.2, 0) is 4.74 Å². The molecular weight excluding hydrogens is 234 g/mol. The summed E-state index contributed by atoms with van der Waals surface area (Å²) in [5.74, 6) is 1.04. The molecule has 1 aliphatic rings. The van der Waals surface area contributed by atoms with Crippen molar-refractivity contribution in [2.45, 2.75) is 31.8 Å². The number of hydrogen-bond acceptors (Lipinski definition) is 5. The van der Waals surface area contributed by atoms with Crippen LogP contribution in [0.1, 0.15) is 31.5 Å². The number of imidazole rings is 1. The molecule has 0 aliphatic carbocycles. The van der Waals surface area contributed by atoms with Gasteiger partial charge in [0.15, 0.2) is 11.2 Å². The van der Waals surface area contributed by atoms with Crippen LogP contribution in [0.15, 0.2) is 4.79 Å². The van der Waals surface area contributed by atoms with E-state index in [1.165, 1.54) is 0 Å². The van der Waals surface area contributed by atoms with Crippen LogP contribution in [0.2, 0.25) is 0 Å². The van der Waals surface area contributed by atoms with Crippen LogP contribution in [0.5, 0.6) is 0 Å². The predicted octanol–water partition coefficient (Wildman–Crippen LogP) is 0.511. The molecule has 0 radical (unpaired) electrons. The Labute approximate surface area is 103 Å². The van der Waals surface area contributed by atoms with Crippen molar-refractivity contribution in [2.24, 2.45) is 0 Å². The molecule has 7 heteroatoms. The molecule has 1 aliphatic heterocycles. The molecule has 3 heterocycles. The van der Waals surface area contributed by atoms with Crippen molar-refractivity contribution >= 4 is 17.1 Å². The van der Waals surface area contributed by atoms with Crippen LogP contribution in [0.3, 0.4) is 0 Å². The first-order valence-corrected chi connectivity index (χ1v) is 6.06. The predicted molar refractivity (Wildman–Crippen MR) is 66.3 cm³/mol. The third-order valence-electron chi connectivity index (χ3n) is 3.36. The lowest BCUT2D eigenvalue weighted by Crippen LogP contribution is -2.14.